The lowest BCUT2D eigenvalue weighted by molar-refractivity contribution is 0.0472. The van der Waals surface area contributed by atoms with E-state index in [2.05, 4.69) is 5.10 Å². The zero-order chi connectivity index (χ0) is 17.6. The second-order valence-electron chi connectivity index (χ2n) is 5.54. The van der Waals surface area contributed by atoms with Crippen LogP contribution in [-0.2, 0) is 17.9 Å². The van der Waals surface area contributed by atoms with Gasteiger partial charge in [0.2, 0.25) is 5.91 Å². The molecule has 0 aliphatic rings. The second kappa shape index (κ2) is 7.44. The molecule has 0 radical (unpaired) electrons. The molecule has 0 fully saturated rings. The Morgan fingerprint density at radius 3 is 2.20 bits per heavy atom. The third kappa shape index (κ3) is 4.32. The van der Waals surface area contributed by atoms with Crippen molar-refractivity contribution in [3.8, 4) is 0 Å². The highest BCUT2D eigenvalue weighted by atomic mass is 16.5. The Balaban J connectivity index is 1.56. The minimum atomic E-state index is -0.487. The van der Waals surface area contributed by atoms with Gasteiger partial charge in [-0.2, -0.15) is 5.10 Å². The van der Waals surface area contributed by atoms with Crippen LogP contribution in [0.3, 0.4) is 0 Å². The first-order valence-corrected chi connectivity index (χ1v) is 7.74. The van der Waals surface area contributed by atoms with Crippen LogP contribution in [-0.4, -0.2) is 21.7 Å². The number of carbonyl (C=O) groups excluding carboxylic acids is 2. The third-order valence-electron chi connectivity index (χ3n) is 3.70. The SMILES string of the molecule is NC(=O)c1ccc(COC(=O)c2ccc(Cn3cccn3)cc2)cc1. The summed E-state index contributed by atoms with van der Waals surface area (Å²) in [5, 5.41) is 4.15. The van der Waals surface area contributed by atoms with Crippen molar-refractivity contribution in [2.45, 2.75) is 13.2 Å². The normalized spacial score (nSPS) is 10.4. The van der Waals surface area contributed by atoms with Crippen molar-refractivity contribution < 1.29 is 14.3 Å². The molecule has 0 aliphatic carbocycles. The molecule has 3 aromatic rings. The van der Waals surface area contributed by atoms with Crippen LogP contribution in [0, 0.1) is 0 Å². The van der Waals surface area contributed by atoms with E-state index in [9.17, 15) is 9.59 Å². The maximum atomic E-state index is 12.1. The molecule has 6 heteroatoms. The third-order valence-corrected chi connectivity index (χ3v) is 3.70. The summed E-state index contributed by atoms with van der Waals surface area (Å²) < 4.78 is 7.10. The average Bonchev–Trinajstić information content (AvgIpc) is 3.13. The van der Waals surface area contributed by atoms with Crippen LogP contribution in [0.1, 0.15) is 31.8 Å². The molecule has 2 N–H and O–H groups in total. The number of nitrogens with two attached hydrogens (primary N) is 1. The Labute approximate surface area is 144 Å². The van der Waals surface area contributed by atoms with E-state index in [1.807, 2.05) is 29.1 Å². The lowest BCUT2D eigenvalue weighted by Crippen LogP contribution is -2.11. The number of esters is 1. The average molecular weight is 335 g/mol. The molecular formula is C19H17N3O3. The van der Waals surface area contributed by atoms with Gasteiger partial charge in [0.25, 0.3) is 0 Å². The number of carbonyl (C=O) groups is 2. The summed E-state index contributed by atoms with van der Waals surface area (Å²) in [5.41, 5.74) is 7.92. The first kappa shape index (κ1) is 16.4. The number of benzene rings is 2. The Hall–Kier alpha value is -3.41. The maximum absolute atomic E-state index is 12.1. The molecule has 6 nitrogen and oxygen atoms in total. The summed E-state index contributed by atoms with van der Waals surface area (Å²) in [4.78, 5) is 23.1. The predicted octanol–water partition coefficient (Wildman–Crippen LogP) is 2.39. The van der Waals surface area contributed by atoms with E-state index in [0.29, 0.717) is 17.7 Å². The van der Waals surface area contributed by atoms with Crippen molar-refractivity contribution in [1.82, 2.24) is 9.78 Å². The van der Waals surface area contributed by atoms with Gasteiger partial charge in [-0.15, -0.1) is 0 Å². The van der Waals surface area contributed by atoms with Crippen molar-refractivity contribution in [3.63, 3.8) is 0 Å². The zero-order valence-corrected chi connectivity index (χ0v) is 13.5. The van der Waals surface area contributed by atoms with E-state index in [1.54, 1.807) is 42.6 Å². The van der Waals surface area contributed by atoms with Crippen molar-refractivity contribution >= 4 is 11.9 Å². The van der Waals surface area contributed by atoms with E-state index in [4.69, 9.17) is 10.5 Å². The Kier molecular flexibility index (Phi) is 4.89. The Morgan fingerprint density at radius 2 is 1.60 bits per heavy atom. The maximum Gasteiger partial charge on any atom is 0.338 e. The summed E-state index contributed by atoms with van der Waals surface area (Å²) in [6, 6.07) is 15.7. The number of nitrogens with zero attached hydrogens (tertiary/aromatic N) is 2. The number of rotatable bonds is 6. The van der Waals surface area contributed by atoms with E-state index < -0.39 is 11.9 Å². The van der Waals surface area contributed by atoms with Gasteiger partial charge in [-0.1, -0.05) is 24.3 Å². The van der Waals surface area contributed by atoms with E-state index >= 15 is 0 Å². The molecule has 126 valence electrons. The lowest BCUT2D eigenvalue weighted by atomic mass is 10.1. The smallest absolute Gasteiger partial charge is 0.338 e. The summed E-state index contributed by atoms with van der Waals surface area (Å²) in [5.74, 6) is -0.886. The molecule has 0 saturated heterocycles. The monoisotopic (exact) mass is 335 g/mol. The number of hydrogen-bond donors (Lipinski definition) is 1. The molecule has 25 heavy (non-hydrogen) atoms. The molecule has 0 atom stereocenters. The fourth-order valence-corrected chi connectivity index (χ4v) is 2.32. The minimum absolute atomic E-state index is 0.132. The van der Waals surface area contributed by atoms with E-state index in [-0.39, 0.29) is 6.61 Å². The second-order valence-corrected chi connectivity index (χ2v) is 5.54. The Morgan fingerprint density at radius 1 is 0.960 bits per heavy atom. The molecule has 0 saturated carbocycles. The molecule has 1 aromatic heterocycles. The fraction of sp³-hybridized carbons (Fsp3) is 0.105. The highest BCUT2D eigenvalue weighted by Gasteiger charge is 2.08. The van der Waals surface area contributed by atoms with Crippen molar-refractivity contribution in [2.75, 3.05) is 0 Å². The first-order valence-electron chi connectivity index (χ1n) is 7.74. The number of hydrogen-bond acceptors (Lipinski definition) is 4. The quantitative estimate of drug-likeness (QED) is 0.701. The zero-order valence-electron chi connectivity index (χ0n) is 13.5. The number of primary amides is 1. The molecule has 1 heterocycles. The van der Waals surface area contributed by atoms with Crippen molar-refractivity contribution in [3.05, 3.63) is 89.2 Å². The van der Waals surface area contributed by atoms with Gasteiger partial charge in [0, 0.05) is 18.0 Å². The van der Waals surface area contributed by atoms with Gasteiger partial charge in [-0.3, -0.25) is 9.48 Å². The van der Waals surface area contributed by atoms with Crippen LogP contribution in [0.25, 0.3) is 0 Å². The molecule has 0 spiro atoms. The van der Waals surface area contributed by atoms with Gasteiger partial charge in [0.05, 0.1) is 12.1 Å². The Bertz CT molecular complexity index is 854. The molecule has 0 bridgehead atoms. The summed E-state index contributed by atoms with van der Waals surface area (Å²) in [6.45, 7) is 0.779. The molecule has 1 amide bonds. The van der Waals surface area contributed by atoms with Crippen LogP contribution in [0.5, 0.6) is 0 Å². The molecule has 3 rings (SSSR count). The summed E-state index contributed by atoms with van der Waals surface area (Å²) in [7, 11) is 0. The van der Waals surface area contributed by atoms with Gasteiger partial charge >= 0.3 is 5.97 Å². The fourth-order valence-electron chi connectivity index (χ4n) is 2.32. The topological polar surface area (TPSA) is 87.2 Å². The van der Waals surface area contributed by atoms with Crippen LogP contribution in [0.2, 0.25) is 0 Å². The molecular weight excluding hydrogens is 318 g/mol. The standard InChI is InChI=1S/C19H17N3O3/c20-18(23)16-6-4-15(5-7-16)13-25-19(24)17-8-2-14(3-9-17)12-22-11-1-10-21-22/h1-11H,12-13H2,(H2,20,23). The highest BCUT2D eigenvalue weighted by Crippen LogP contribution is 2.10. The van der Waals surface area contributed by atoms with Crippen LogP contribution in [0.15, 0.2) is 67.0 Å². The van der Waals surface area contributed by atoms with Gasteiger partial charge in [-0.05, 0) is 41.5 Å². The van der Waals surface area contributed by atoms with E-state index in [1.165, 1.54) is 0 Å². The number of amides is 1. The van der Waals surface area contributed by atoms with Crippen LogP contribution >= 0.6 is 0 Å². The molecule has 0 aliphatic heterocycles. The molecule has 2 aromatic carbocycles. The summed E-state index contributed by atoms with van der Waals surface area (Å²) in [6.07, 6.45) is 3.60. The van der Waals surface area contributed by atoms with Gasteiger partial charge in [0.1, 0.15) is 6.61 Å². The van der Waals surface area contributed by atoms with Gasteiger partial charge < -0.3 is 10.5 Å². The first-order chi connectivity index (χ1) is 12.1. The van der Waals surface area contributed by atoms with Crippen molar-refractivity contribution in [2.24, 2.45) is 5.73 Å². The number of aromatic nitrogens is 2. The van der Waals surface area contributed by atoms with Gasteiger partial charge in [0.15, 0.2) is 0 Å². The summed E-state index contributed by atoms with van der Waals surface area (Å²) >= 11 is 0. The lowest BCUT2D eigenvalue weighted by Gasteiger charge is -2.07. The minimum Gasteiger partial charge on any atom is -0.457 e. The molecule has 0 unspecified atom stereocenters. The highest BCUT2D eigenvalue weighted by molar-refractivity contribution is 5.92. The van der Waals surface area contributed by atoms with Gasteiger partial charge in [-0.25, -0.2) is 4.79 Å². The van der Waals surface area contributed by atoms with Crippen molar-refractivity contribution in [1.29, 1.82) is 0 Å². The largest absolute Gasteiger partial charge is 0.457 e. The van der Waals surface area contributed by atoms with Crippen LogP contribution in [0.4, 0.5) is 0 Å². The van der Waals surface area contributed by atoms with Crippen LogP contribution < -0.4 is 5.73 Å². The van der Waals surface area contributed by atoms with E-state index in [0.717, 1.165) is 11.1 Å². The predicted molar refractivity (Wildman–Crippen MR) is 91.9 cm³/mol. The number of ether oxygens (including phenoxy) is 1.